The highest BCUT2D eigenvalue weighted by Crippen LogP contribution is 2.44. The van der Waals surface area contributed by atoms with E-state index in [-0.39, 0.29) is 6.42 Å². The zero-order chi connectivity index (χ0) is 28.2. The van der Waals surface area contributed by atoms with Crippen LogP contribution in [0.2, 0.25) is 0 Å². The summed E-state index contributed by atoms with van der Waals surface area (Å²) in [4.78, 5) is 46.5. The van der Waals surface area contributed by atoms with Crippen molar-refractivity contribution in [3.8, 4) is 0 Å². The van der Waals surface area contributed by atoms with Crippen LogP contribution in [-0.2, 0) is 27.9 Å². The molecule has 2 aliphatic heterocycles. The van der Waals surface area contributed by atoms with Crippen LogP contribution in [-0.4, -0.2) is 108 Å². The summed E-state index contributed by atoms with van der Waals surface area (Å²) in [5.74, 6) is -0.514. The summed E-state index contributed by atoms with van der Waals surface area (Å²) in [6, 6.07) is -0.0539. The molecule has 0 saturated carbocycles. The number of phosphoric ester groups is 1. The largest absolute Gasteiger partial charge is 0.526 e. The van der Waals surface area contributed by atoms with Gasteiger partial charge in [-0.05, 0) is 12.5 Å². The summed E-state index contributed by atoms with van der Waals surface area (Å²) in [5.41, 5.74) is -1.60. The number of carbonyl (C=O) groups excluding carboxylic acids is 1. The van der Waals surface area contributed by atoms with E-state index < -0.39 is 93.2 Å². The van der Waals surface area contributed by atoms with Crippen LogP contribution < -0.4 is 16.6 Å². The van der Waals surface area contributed by atoms with Gasteiger partial charge in [0.1, 0.15) is 36.6 Å². The summed E-state index contributed by atoms with van der Waals surface area (Å²) in [5, 5.41) is 52.5. The van der Waals surface area contributed by atoms with E-state index in [1.807, 2.05) is 4.98 Å². The predicted octanol–water partition coefficient (Wildman–Crippen LogP) is -3.82. The van der Waals surface area contributed by atoms with Crippen LogP contribution in [0.3, 0.4) is 0 Å². The zero-order valence-corrected chi connectivity index (χ0v) is 20.9. The van der Waals surface area contributed by atoms with Crippen molar-refractivity contribution in [2.45, 2.75) is 68.3 Å². The van der Waals surface area contributed by atoms with E-state index in [0.29, 0.717) is 0 Å². The lowest BCUT2D eigenvalue weighted by molar-refractivity contribution is -0.194. The number of nitrogens with zero attached hydrogens (tertiary/aromatic N) is 1. The zero-order valence-electron chi connectivity index (χ0n) is 20.0. The third-order valence-corrected chi connectivity index (χ3v) is 6.79. The molecular weight excluding hydrogens is 537 g/mol. The number of ether oxygens (including phenoxy) is 2. The summed E-state index contributed by atoms with van der Waals surface area (Å²) >= 11 is 0. The molecule has 2 fully saturated rings. The van der Waals surface area contributed by atoms with Crippen molar-refractivity contribution < 1.29 is 58.3 Å². The number of rotatable bonds is 10. The van der Waals surface area contributed by atoms with Gasteiger partial charge >= 0.3 is 13.5 Å². The van der Waals surface area contributed by atoms with Crippen LogP contribution >= 0.6 is 7.82 Å². The van der Waals surface area contributed by atoms with Crippen molar-refractivity contribution in [3.05, 3.63) is 45.4 Å². The van der Waals surface area contributed by atoms with Gasteiger partial charge in [0.2, 0.25) is 5.91 Å². The lowest BCUT2D eigenvalue weighted by atomic mass is 9.91. The van der Waals surface area contributed by atoms with E-state index >= 15 is 0 Å². The van der Waals surface area contributed by atoms with Gasteiger partial charge in [0.25, 0.3) is 5.56 Å². The maximum Gasteiger partial charge on any atom is 0.526 e. The molecule has 1 aromatic rings. The number of aromatic nitrogens is 2. The average Bonchev–Trinajstić information content (AvgIpc) is 3.13. The number of carbonyl (C=O) groups is 1. The Bertz CT molecular complexity index is 1160. The summed E-state index contributed by atoms with van der Waals surface area (Å²) in [6.07, 6.45) is -8.03. The molecule has 38 heavy (non-hydrogen) atoms. The topological polar surface area (TPSA) is 259 Å². The van der Waals surface area contributed by atoms with E-state index in [1.165, 1.54) is 13.0 Å². The molecule has 0 spiro atoms. The highest BCUT2D eigenvalue weighted by molar-refractivity contribution is 7.47. The Morgan fingerprint density at radius 3 is 2.45 bits per heavy atom. The first kappa shape index (κ1) is 30.1. The monoisotopic (exact) mass is 567 g/mol. The lowest BCUT2D eigenvalue weighted by Gasteiger charge is -2.42. The SMILES string of the molecule is CC(=O)N[C@@H]1[C@@H](O)[C@H](O)[C@@H](CO)O[C@@H]1C/C=C/OP(=O)(O)OC[C@H]1O[C@@H](n2ccc(=O)[nH]c2=O)[C@H](O)[C@@H]1O. The molecule has 1 aromatic heterocycles. The highest BCUT2D eigenvalue weighted by Gasteiger charge is 2.46. The van der Waals surface area contributed by atoms with Crippen LogP contribution in [0.1, 0.15) is 19.6 Å². The Morgan fingerprint density at radius 2 is 1.82 bits per heavy atom. The standard InChI is InChI=1S/C20H30N3O14P/c1-9(25)21-14-10(36-11(7-24)15(27)17(14)29)3-2-6-34-38(32,33)35-8-12-16(28)18(30)19(37-12)23-5-4-13(26)22-20(23)31/h2,4-6,10-12,14-19,24,27-30H,3,7-8H2,1H3,(H,21,25)(H,32,33)(H,22,26,31)/b6-2+/t10-,11-,12-,14+,15-,16-,17-,18-,19-/m1/s1. The fourth-order valence-electron chi connectivity index (χ4n) is 4.04. The minimum atomic E-state index is -4.76. The van der Waals surface area contributed by atoms with Gasteiger partial charge in [0.05, 0.1) is 31.6 Å². The number of amides is 1. The van der Waals surface area contributed by atoms with Gasteiger partial charge in [-0.1, -0.05) is 0 Å². The Kier molecular flexibility index (Phi) is 9.99. The number of aromatic amines is 1. The first-order chi connectivity index (χ1) is 17.8. The number of hydrogen-bond donors (Lipinski definition) is 8. The molecule has 3 heterocycles. The first-order valence-electron chi connectivity index (χ1n) is 11.4. The molecule has 1 amide bonds. The number of aliphatic hydroxyl groups excluding tert-OH is 5. The van der Waals surface area contributed by atoms with E-state index in [1.54, 1.807) is 0 Å². The summed E-state index contributed by atoms with van der Waals surface area (Å²) < 4.78 is 33.4. The fourth-order valence-corrected chi connectivity index (χ4v) is 4.68. The molecule has 18 heteroatoms. The fraction of sp³-hybridized carbons (Fsp3) is 0.650. The van der Waals surface area contributed by atoms with Gasteiger partial charge in [-0.2, -0.15) is 0 Å². The molecule has 1 unspecified atom stereocenters. The molecule has 3 rings (SSSR count). The lowest BCUT2D eigenvalue weighted by Crippen LogP contribution is -2.63. The van der Waals surface area contributed by atoms with E-state index in [4.69, 9.17) is 18.5 Å². The van der Waals surface area contributed by atoms with Crippen molar-refractivity contribution in [2.75, 3.05) is 13.2 Å². The second-order valence-electron chi connectivity index (χ2n) is 8.64. The van der Waals surface area contributed by atoms with Gasteiger partial charge in [-0.25, -0.2) is 9.36 Å². The number of H-pyrrole nitrogens is 1. The Labute approximate surface area is 214 Å². The van der Waals surface area contributed by atoms with Gasteiger partial charge in [-0.15, -0.1) is 0 Å². The van der Waals surface area contributed by atoms with Crippen molar-refractivity contribution in [1.82, 2.24) is 14.9 Å². The molecule has 214 valence electrons. The summed E-state index contributed by atoms with van der Waals surface area (Å²) in [7, 11) is -4.76. The highest BCUT2D eigenvalue weighted by atomic mass is 31.2. The third-order valence-electron chi connectivity index (χ3n) is 5.92. The Morgan fingerprint density at radius 1 is 1.13 bits per heavy atom. The van der Waals surface area contributed by atoms with E-state index in [0.717, 1.165) is 23.1 Å². The van der Waals surface area contributed by atoms with Crippen LogP contribution in [0.5, 0.6) is 0 Å². The van der Waals surface area contributed by atoms with Gasteiger partial charge in [0.15, 0.2) is 6.23 Å². The predicted molar refractivity (Wildman–Crippen MR) is 123 cm³/mol. The molecule has 0 aromatic carbocycles. The molecule has 2 aliphatic rings. The van der Waals surface area contributed by atoms with Crippen molar-refractivity contribution >= 4 is 13.7 Å². The Balaban J connectivity index is 1.55. The second-order valence-corrected chi connectivity index (χ2v) is 10.1. The van der Waals surface area contributed by atoms with Crippen molar-refractivity contribution in [2.24, 2.45) is 0 Å². The van der Waals surface area contributed by atoms with Gasteiger partial charge < -0.3 is 44.8 Å². The van der Waals surface area contributed by atoms with E-state index in [9.17, 15) is 49.4 Å². The quantitative estimate of drug-likeness (QED) is 0.0996. The van der Waals surface area contributed by atoms with Gasteiger partial charge in [0, 0.05) is 19.2 Å². The third kappa shape index (κ3) is 7.15. The number of phosphoric acid groups is 1. The molecule has 17 nitrogen and oxygen atoms in total. The minimum Gasteiger partial charge on any atom is -0.412 e. The minimum absolute atomic E-state index is 0.0858. The molecule has 8 N–H and O–H groups in total. The average molecular weight is 567 g/mol. The van der Waals surface area contributed by atoms with Crippen molar-refractivity contribution in [1.29, 1.82) is 0 Å². The molecular formula is C20H30N3O14P. The Hall–Kier alpha value is -2.44. The number of nitrogens with one attached hydrogen (secondary N) is 2. The van der Waals surface area contributed by atoms with Crippen LogP contribution in [0.15, 0.2) is 34.2 Å². The number of aliphatic hydroxyl groups is 5. The molecule has 2 saturated heterocycles. The maximum atomic E-state index is 12.2. The normalized spacial score (nSPS) is 35.2. The molecule has 0 aliphatic carbocycles. The van der Waals surface area contributed by atoms with Crippen LogP contribution in [0, 0.1) is 0 Å². The van der Waals surface area contributed by atoms with E-state index in [2.05, 4.69) is 5.32 Å². The molecule has 0 bridgehead atoms. The summed E-state index contributed by atoms with van der Waals surface area (Å²) in [6.45, 7) is -0.145. The maximum absolute atomic E-state index is 12.2. The molecule has 0 radical (unpaired) electrons. The molecule has 10 atom stereocenters. The smallest absolute Gasteiger partial charge is 0.412 e. The first-order valence-corrected chi connectivity index (χ1v) is 12.9. The van der Waals surface area contributed by atoms with Gasteiger partial charge in [-0.3, -0.25) is 28.6 Å². The van der Waals surface area contributed by atoms with Crippen molar-refractivity contribution in [3.63, 3.8) is 0 Å². The number of hydrogen-bond acceptors (Lipinski definition) is 13. The van der Waals surface area contributed by atoms with Crippen LogP contribution in [0.4, 0.5) is 0 Å². The second kappa shape index (κ2) is 12.6. The van der Waals surface area contributed by atoms with Crippen LogP contribution in [0.25, 0.3) is 0 Å².